The second-order valence-electron chi connectivity index (χ2n) is 9.71. The van der Waals surface area contributed by atoms with E-state index in [2.05, 4.69) is 25.2 Å². The first-order valence-electron chi connectivity index (χ1n) is 12.9. The van der Waals surface area contributed by atoms with E-state index in [1.165, 1.54) is 23.4 Å². The Labute approximate surface area is 230 Å². The molecule has 2 unspecified atom stereocenters. The summed E-state index contributed by atoms with van der Waals surface area (Å²) in [6.07, 6.45) is 2.23. The molecule has 11 heteroatoms. The van der Waals surface area contributed by atoms with Crippen molar-refractivity contribution < 1.29 is 23.4 Å². The van der Waals surface area contributed by atoms with E-state index in [0.717, 1.165) is 17.8 Å². The highest BCUT2D eigenvalue weighted by molar-refractivity contribution is 5.86. The summed E-state index contributed by atoms with van der Waals surface area (Å²) in [5.41, 5.74) is -0.0867. The fourth-order valence-corrected chi connectivity index (χ4v) is 5.01. The van der Waals surface area contributed by atoms with Gasteiger partial charge in [-0.3, -0.25) is 10.2 Å². The van der Waals surface area contributed by atoms with Crippen LogP contribution >= 0.6 is 0 Å². The lowest BCUT2D eigenvalue weighted by Gasteiger charge is -2.45. The van der Waals surface area contributed by atoms with Crippen molar-refractivity contribution in [3.63, 3.8) is 0 Å². The molecule has 2 N–H and O–H groups in total. The van der Waals surface area contributed by atoms with Crippen molar-refractivity contribution >= 4 is 17.5 Å². The minimum atomic E-state index is -1.69. The van der Waals surface area contributed by atoms with Gasteiger partial charge in [-0.05, 0) is 49.4 Å². The molecule has 1 amide bonds. The van der Waals surface area contributed by atoms with Crippen LogP contribution in [0.1, 0.15) is 12.5 Å². The molecule has 0 aliphatic carbocycles. The first kappa shape index (κ1) is 27.2. The molecule has 40 heavy (non-hydrogen) atoms. The predicted molar refractivity (Wildman–Crippen MR) is 146 cm³/mol. The smallest absolute Gasteiger partial charge is 0.410 e. The Morgan fingerprint density at radius 1 is 1.05 bits per heavy atom. The number of para-hydroxylation sites is 1. The van der Waals surface area contributed by atoms with Crippen LogP contribution in [0.15, 0.2) is 85.5 Å². The summed E-state index contributed by atoms with van der Waals surface area (Å²) in [6.45, 7) is 4.33. The molecule has 3 aromatic carbocycles. The van der Waals surface area contributed by atoms with Crippen molar-refractivity contribution in [2.45, 2.75) is 25.1 Å². The van der Waals surface area contributed by atoms with Crippen LogP contribution in [-0.2, 0) is 12.1 Å². The number of anilines is 2. The van der Waals surface area contributed by atoms with Gasteiger partial charge >= 0.3 is 6.09 Å². The monoisotopic (exact) mass is 548 g/mol. The first-order chi connectivity index (χ1) is 19.3. The number of carbonyl (C=O) groups excluding carboxylic acids is 1. The van der Waals surface area contributed by atoms with Gasteiger partial charge in [0.25, 0.3) is 0 Å². The van der Waals surface area contributed by atoms with Gasteiger partial charge in [-0.25, -0.2) is 23.2 Å². The maximum absolute atomic E-state index is 14.9. The van der Waals surface area contributed by atoms with Gasteiger partial charge in [-0.15, -0.1) is 0 Å². The summed E-state index contributed by atoms with van der Waals surface area (Å²) >= 11 is 0. The summed E-state index contributed by atoms with van der Waals surface area (Å²) in [5, 5.41) is 18.7. The number of rotatable bonds is 8. The molecule has 0 spiro atoms. The van der Waals surface area contributed by atoms with E-state index in [-0.39, 0.29) is 12.1 Å². The SMILES string of the molecule is CC(N1CCN(c2ccc(NC(=O)Oc3ccccc3)cc2)CC1)C(O)(Cn1cncn1)c1ccc(F)cc1F. The summed E-state index contributed by atoms with van der Waals surface area (Å²) in [4.78, 5) is 20.4. The average molecular weight is 549 g/mol. The lowest BCUT2D eigenvalue weighted by molar-refractivity contribution is -0.0650. The fraction of sp³-hybridized carbons (Fsp3) is 0.276. The molecule has 2 atom stereocenters. The number of hydrogen-bond acceptors (Lipinski definition) is 7. The van der Waals surface area contributed by atoms with Gasteiger partial charge < -0.3 is 14.7 Å². The van der Waals surface area contributed by atoms with Crippen molar-refractivity contribution in [1.82, 2.24) is 19.7 Å². The molecule has 0 saturated carbocycles. The highest BCUT2D eigenvalue weighted by atomic mass is 19.1. The molecular weight excluding hydrogens is 518 g/mol. The van der Waals surface area contributed by atoms with E-state index in [0.29, 0.717) is 37.6 Å². The third kappa shape index (κ3) is 6.11. The lowest BCUT2D eigenvalue weighted by Crippen LogP contribution is -2.57. The number of carbonyl (C=O) groups is 1. The van der Waals surface area contributed by atoms with Crippen molar-refractivity contribution in [2.24, 2.45) is 0 Å². The van der Waals surface area contributed by atoms with Gasteiger partial charge in [0.1, 0.15) is 35.6 Å². The van der Waals surface area contributed by atoms with Gasteiger partial charge in [0.15, 0.2) is 0 Å². The van der Waals surface area contributed by atoms with Crippen molar-refractivity contribution in [3.8, 4) is 5.75 Å². The van der Waals surface area contributed by atoms with Crippen LogP contribution in [-0.4, -0.2) is 63.1 Å². The Morgan fingerprint density at radius 2 is 1.77 bits per heavy atom. The van der Waals surface area contributed by atoms with Gasteiger partial charge in [0.05, 0.1) is 6.54 Å². The number of aliphatic hydroxyl groups is 1. The number of nitrogens with one attached hydrogen (secondary N) is 1. The molecule has 208 valence electrons. The average Bonchev–Trinajstić information content (AvgIpc) is 3.46. The van der Waals surface area contributed by atoms with E-state index in [4.69, 9.17) is 4.74 Å². The molecule has 1 saturated heterocycles. The van der Waals surface area contributed by atoms with E-state index in [1.807, 2.05) is 37.3 Å². The van der Waals surface area contributed by atoms with Crippen LogP contribution in [0.5, 0.6) is 5.75 Å². The number of ether oxygens (including phenoxy) is 1. The number of nitrogens with zero attached hydrogens (tertiary/aromatic N) is 5. The number of hydrogen-bond donors (Lipinski definition) is 2. The summed E-state index contributed by atoms with van der Waals surface area (Å²) in [7, 11) is 0. The van der Waals surface area contributed by atoms with E-state index >= 15 is 0 Å². The first-order valence-corrected chi connectivity index (χ1v) is 12.9. The minimum absolute atomic E-state index is 0.00760. The van der Waals surface area contributed by atoms with Crippen LogP contribution in [0, 0.1) is 11.6 Å². The molecule has 9 nitrogen and oxygen atoms in total. The number of benzene rings is 3. The highest BCUT2D eigenvalue weighted by Crippen LogP contribution is 2.33. The van der Waals surface area contributed by atoms with E-state index in [1.54, 1.807) is 24.3 Å². The third-order valence-corrected chi connectivity index (χ3v) is 7.25. The van der Waals surface area contributed by atoms with Crippen molar-refractivity contribution in [1.29, 1.82) is 0 Å². The number of amides is 1. The molecule has 2 heterocycles. The zero-order valence-electron chi connectivity index (χ0n) is 22.0. The molecule has 1 aromatic heterocycles. The topological polar surface area (TPSA) is 95.8 Å². The van der Waals surface area contributed by atoms with E-state index < -0.39 is 29.4 Å². The highest BCUT2D eigenvalue weighted by Gasteiger charge is 2.42. The second kappa shape index (κ2) is 11.8. The molecule has 1 fully saturated rings. The van der Waals surface area contributed by atoms with Gasteiger partial charge in [-0.1, -0.05) is 24.3 Å². The minimum Gasteiger partial charge on any atom is -0.410 e. The molecular formula is C29H30F2N6O3. The number of halogens is 2. The van der Waals surface area contributed by atoms with Gasteiger partial charge in [0, 0.05) is 55.2 Å². The van der Waals surface area contributed by atoms with Crippen LogP contribution in [0.25, 0.3) is 0 Å². The fourth-order valence-electron chi connectivity index (χ4n) is 5.01. The van der Waals surface area contributed by atoms with Crippen molar-refractivity contribution in [3.05, 3.63) is 103 Å². The molecule has 1 aliphatic rings. The van der Waals surface area contributed by atoms with Gasteiger partial charge in [0.2, 0.25) is 0 Å². The van der Waals surface area contributed by atoms with Crippen LogP contribution in [0.4, 0.5) is 25.0 Å². The Bertz CT molecular complexity index is 1410. The molecule has 5 rings (SSSR count). The normalized spacial score (nSPS) is 16.2. The Morgan fingerprint density at radius 3 is 2.42 bits per heavy atom. The summed E-state index contributed by atoms with van der Waals surface area (Å²) < 4.78 is 35.3. The molecule has 0 radical (unpaired) electrons. The quantitative estimate of drug-likeness (QED) is 0.340. The third-order valence-electron chi connectivity index (χ3n) is 7.25. The summed E-state index contributed by atoms with van der Waals surface area (Å²) in [6, 6.07) is 19.0. The molecule has 4 aromatic rings. The van der Waals surface area contributed by atoms with E-state index in [9.17, 15) is 18.7 Å². The number of piperazine rings is 1. The predicted octanol–water partition coefficient (Wildman–Crippen LogP) is 4.27. The molecule has 0 bridgehead atoms. The van der Waals surface area contributed by atoms with Crippen LogP contribution in [0.3, 0.4) is 0 Å². The maximum Gasteiger partial charge on any atom is 0.417 e. The van der Waals surface area contributed by atoms with Crippen molar-refractivity contribution in [2.75, 3.05) is 36.4 Å². The lowest BCUT2D eigenvalue weighted by atomic mass is 9.85. The Hall–Kier alpha value is -4.35. The second-order valence-corrected chi connectivity index (χ2v) is 9.71. The number of aromatic nitrogens is 3. The zero-order valence-corrected chi connectivity index (χ0v) is 22.0. The largest absolute Gasteiger partial charge is 0.417 e. The molecule has 1 aliphatic heterocycles. The van der Waals surface area contributed by atoms with Crippen LogP contribution < -0.4 is 15.0 Å². The van der Waals surface area contributed by atoms with Gasteiger partial charge in [-0.2, -0.15) is 5.10 Å². The standard InChI is InChI=1S/C29H30F2N6O3/c1-21(29(39,18-37-20-32-19-33-37)26-12-7-22(30)17-27(26)31)35-13-15-36(16-14-35)24-10-8-23(9-11-24)34-28(38)40-25-5-3-2-4-6-25/h2-12,17,19-21,39H,13-16,18H2,1H3,(H,34,38). The maximum atomic E-state index is 14.9. The zero-order chi connectivity index (χ0) is 28.1. The Kier molecular flexibility index (Phi) is 8.04. The Balaban J connectivity index is 1.23. The van der Waals surface area contributed by atoms with Crippen LogP contribution in [0.2, 0.25) is 0 Å². The summed E-state index contributed by atoms with van der Waals surface area (Å²) in [5.74, 6) is -1.06.